The molecule has 1 aliphatic rings. The summed E-state index contributed by atoms with van der Waals surface area (Å²) in [4.78, 5) is 8.64. The van der Waals surface area contributed by atoms with E-state index in [1.54, 1.807) is 0 Å². The molecule has 0 amide bonds. The molecular formula is C17H23N3S. The van der Waals surface area contributed by atoms with Crippen molar-refractivity contribution in [1.29, 1.82) is 0 Å². The molecule has 0 bridgehead atoms. The molecule has 0 saturated carbocycles. The van der Waals surface area contributed by atoms with Gasteiger partial charge in [-0.25, -0.2) is 4.98 Å². The van der Waals surface area contributed by atoms with Gasteiger partial charge in [0.1, 0.15) is 5.82 Å². The van der Waals surface area contributed by atoms with Crippen LogP contribution in [-0.4, -0.2) is 17.6 Å². The molecular weight excluding hydrogens is 278 g/mol. The van der Waals surface area contributed by atoms with Crippen LogP contribution in [0.25, 0.3) is 0 Å². The lowest BCUT2D eigenvalue weighted by atomic mass is 9.99. The second-order valence-corrected chi connectivity index (χ2v) is 6.78. The van der Waals surface area contributed by atoms with E-state index in [0.29, 0.717) is 6.04 Å². The molecule has 0 aromatic carbocycles. The molecule has 4 heteroatoms. The fourth-order valence-corrected chi connectivity index (χ4v) is 4.04. The van der Waals surface area contributed by atoms with Crippen LogP contribution in [0.15, 0.2) is 29.8 Å². The summed E-state index contributed by atoms with van der Waals surface area (Å²) in [5, 5.41) is 2.21. The van der Waals surface area contributed by atoms with Gasteiger partial charge in [-0.1, -0.05) is 13.0 Å². The van der Waals surface area contributed by atoms with Gasteiger partial charge in [0.25, 0.3) is 0 Å². The molecule has 0 radical (unpaired) electrons. The van der Waals surface area contributed by atoms with Crippen LogP contribution in [0.2, 0.25) is 0 Å². The number of pyridine rings is 1. The zero-order valence-electron chi connectivity index (χ0n) is 12.7. The summed E-state index contributed by atoms with van der Waals surface area (Å²) in [6, 6.07) is 7.06. The van der Waals surface area contributed by atoms with Crippen molar-refractivity contribution in [1.82, 2.24) is 4.98 Å². The number of thiophene rings is 1. The number of aromatic nitrogens is 1. The minimum atomic E-state index is 0.213. The Balaban J connectivity index is 1.91. The smallest absolute Gasteiger partial charge is 0.132 e. The minimum Gasteiger partial charge on any atom is -0.349 e. The Hall–Kier alpha value is -1.39. The molecule has 3 rings (SSSR count). The Morgan fingerprint density at radius 1 is 1.48 bits per heavy atom. The zero-order chi connectivity index (χ0) is 14.8. The normalized spacial score (nSPS) is 19.4. The highest BCUT2D eigenvalue weighted by Gasteiger charge is 2.27. The van der Waals surface area contributed by atoms with Gasteiger partial charge < -0.3 is 10.6 Å². The standard InChI is InChI=1S/C17H23N3S/c1-3-14(18)11-13-5-4-8-19-17(13)20-9-6-16-15(12(20)2)7-10-21-16/h4-5,7-8,10,12,14H,3,6,9,11,18H2,1-2H3. The Labute approximate surface area is 130 Å². The van der Waals surface area contributed by atoms with E-state index in [-0.39, 0.29) is 6.04 Å². The molecule has 112 valence electrons. The van der Waals surface area contributed by atoms with E-state index in [1.807, 2.05) is 23.6 Å². The lowest BCUT2D eigenvalue weighted by molar-refractivity contribution is 0.608. The Kier molecular flexibility index (Phi) is 4.27. The van der Waals surface area contributed by atoms with Gasteiger partial charge in [-0.15, -0.1) is 11.3 Å². The SMILES string of the molecule is CCC(N)Cc1cccnc1N1CCc2sccc2C1C. The van der Waals surface area contributed by atoms with Crippen LogP contribution >= 0.6 is 11.3 Å². The third kappa shape index (κ3) is 2.83. The van der Waals surface area contributed by atoms with E-state index in [0.717, 1.165) is 31.6 Å². The van der Waals surface area contributed by atoms with Crippen molar-refractivity contribution in [3.8, 4) is 0 Å². The molecule has 2 atom stereocenters. The lowest BCUT2D eigenvalue weighted by Crippen LogP contribution is -2.35. The van der Waals surface area contributed by atoms with Crippen molar-refractivity contribution in [2.45, 2.75) is 45.2 Å². The minimum absolute atomic E-state index is 0.213. The van der Waals surface area contributed by atoms with E-state index < -0.39 is 0 Å². The van der Waals surface area contributed by atoms with Gasteiger partial charge in [0.2, 0.25) is 0 Å². The van der Waals surface area contributed by atoms with Crippen molar-refractivity contribution in [3.05, 3.63) is 45.8 Å². The molecule has 0 spiro atoms. The summed E-state index contributed by atoms with van der Waals surface area (Å²) in [7, 11) is 0. The van der Waals surface area contributed by atoms with Crippen LogP contribution in [0, 0.1) is 0 Å². The van der Waals surface area contributed by atoms with Crippen LogP contribution < -0.4 is 10.6 Å². The first-order valence-corrected chi connectivity index (χ1v) is 8.61. The van der Waals surface area contributed by atoms with Crippen LogP contribution in [0.5, 0.6) is 0 Å². The number of anilines is 1. The Bertz CT molecular complexity index is 608. The molecule has 0 aliphatic carbocycles. The second-order valence-electron chi connectivity index (χ2n) is 5.78. The fourth-order valence-electron chi connectivity index (χ4n) is 3.07. The number of rotatable bonds is 4. The quantitative estimate of drug-likeness (QED) is 0.939. The molecule has 2 aromatic heterocycles. The maximum Gasteiger partial charge on any atom is 0.132 e. The molecule has 2 N–H and O–H groups in total. The van der Waals surface area contributed by atoms with Gasteiger partial charge in [0, 0.05) is 23.7 Å². The van der Waals surface area contributed by atoms with Gasteiger partial charge in [-0.2, -0.15) is 0 Å². The lowest BCUT2D eigenvalue weighted by Gasteiger charge is -2.36. The topological polar surface area (TPSA) is 42.1 Å². The summed E-state index contributed by atoms with van der Waals surface area (Å²) in [6.45, 7) is 5.46. The van der Waals surface area contributed by atoms with E-state index in [9.17, 15) is 0 Å². The van der Waals surface area contributed by atoms with Crippen molar-refractivity contribution in [2.24, 2.45) is 5.73 Å². The predicted molar refractivity (Wildman–Crippen MR) is 90.0 cm³/mol. The number of hydrogen-bond donors (Lipinski definition) is 1. The summed E-state index contributed by atoms with van der Waals surface area (Å²) >= 11 is 1.88. The van der Waals surface area contributed by atoms with Gasteiger partial charge >= 0.3 is 0 Å². The molecule has 21 heavy (non-hydrogen) atoms. The van der Waals surface area contributed by atoms with Crippen molar-refractivity contribution in [3.63, 3.8) is 0 Å². The highest BCUT2D eigenvalue weighted by Crippen LogP contribution is 2.36. The molecule has 3 heterocycles. The van der Waals surface area contributed by atoms with E-state index in [2.05, 4.69) is 41.2 Å². The van der Waals surface area contributed by atoms with Gasteiger partial charge in [-0.05, 0) is 54.8 Å². The van der Waals surface area contributed by atoms with Crippen LogP contribution in [0.1, 0.15) is 42.3 Å². The highest BCUT2D eigenvalue weighted by molar-refractivity contribution is 7.10. The average molecular weight is 301 g/mol. The molecule has 0 saturated heterocycles. The van der Waals surface area contributed by atoms with Crippen LogP contribution in [-0.2, 0) is 12.8 Å². The number of nitrogens with zero attached hydrogens (tertiary/aromatic N) is 2. The van der Waals surface area contributed by atoms with Crippen molar-refractivity contribution >= 4 is 17.2 Å². The van der Waals surface area contributed by atoms with E-state index in [1.165, 1.54) is 16.0 Å². The second kappa shape index (κ2) is 6.16. The molecule has 3 nitrogen and oxygen atoms in total. The number of hydrogen-bond acceptors (Lipinski definition) is 4. The first-order valence-electron chi connectivity index (χ1n) is 7.73. The summed E-state index contributed by atoms with van der Waals surface area (Å²) in [5.41, 5.74) is 8.89. The van der Waals surface area contributed by atoms with Gasteiger partial charge in [0.15, 0.2) is 0 Å². The summed E-state index contributed by atoms with van der Waals surface area (Å²) in [5.74, 6) is 1.12. The maximum atomic E-state index is 6.15. The first kappa shape index (κ1) is 14.5. The summed E-state index contributed by atoms with van der Waals surface area (Å²) in [6.07, 6.45) is 4.91. The molecule has 1 aliphatic heterocycles. The summed E-state index contributed by atoms with van der Waals surface area (Å²) < 4.78 is 0. The molecule has 2 aromatic rings. The first-order chi connectivity index (χ1) is 10.2. The predicted octanol–water partition coefficient (Wildman–Crippen LogP) is 3.55. The third-order valence-electron chi connectivity index (χ3n) is 4.42. The zero-order valence-corrected chi connectivity index (χ0v) is 13.6. The molecule has 0 fully saturated rings. The fraction of sp³-hybridized carbons (Fsp3) is 0.471. The van der Waals surface area contributed by atoms with Crippen LogP contribution in [0.4, 0.5) is 5.82 Å². The van der Waals surface area contributed by atoms with Crippen molar-refractivity contribution < 1.29 is 0 Å². The van der Waals surface area contributed by atoms with E-state index >= 15 is 0 Å². The third-order valence-corrected chi connectivity index (χ3v) is 5.42. The highest BCUT2D eigenvalue weighted by atomic mass is 32.1. The van der Waals surface area contributed by atoms with Crippen LogP contribution in [0.3, 0.4) is 0 Å². The van der Waals surface area contributed by atoms with E-state index in [4.69, 9.17) is 5.73 Å². The van der Waals surface area contributed by atoms with Gasteiger partial charge in [0.05, 0.1) is 6.04 Å². The maximum absolute atomic E-state index is 6.15. The average Bonchev–Trinajstić information content (AvgIpc) is 2.98. The number of nitrogens with two attached hydrogens (primary N) is 1. The Morgan fingerprint density at radius 2 is 2.33 bits per heavy atom. The number of fused-ring (bicyclic) bond motifs is 1. The molecule has 2 unspecified atom stereocenters. The van der Waals surface area contributed by atoms with Crippen molar-refractivity contribution in [2.75, 3.05) is 11.4 Å². The van der Waals surface area contributed by atoms with Gasteiger partial charge in [-0.3, -0.25) is 0 Å². The Morgan fingerprint density at radius 3 is 3.14 bits per heavy atom. The monoisotopic (exact) mass is 301 g/mol. The largest absolute Gasteiger partial charge is 0.349 e.